The largest absolute Gasteiger partial charge is 0.362 e. The molecule has 2 unspecified atom stereocenters. The van der Waals surface area contributed by atoms with Gasteiger partial charge in [0, 0.05) is 30.4 Å². The van der Waals surface area contributed by atoms with Gasteiger partial charge in [0.05, 0.1) is 12.2 Å². The summed E-state index contributed by atoms with van der Waals surface area (Å²) in [5, 5.41) is 0. The van der Waals surface area contributed by atoms with Gasteiger partial charge in [-0.2, -0.15) is 0 Å². The van der Waals surface area contributed by atoms with Crippen molar-refractivity contribution in [3.63, 3.8) is 0 Å². The van der Waals surface area contributed by atoms with E-state index in [0.29, 0.717) is 12.0 Å². The van der Waals surface area contributed by atoms with Crippen molar-refractivity contribution in [1.29, 1.82) is 0 Å². The fourth-order valence-corrected chi connectivity index (χ4v) is 4.28. The Labute approximate surface area is 139 Å². The van der Waals surface area contributed by atoms with Gasteiger partial charge in [-0.3, -0.25) is 4.98 Å². The van der Waals surface area contributed by atoms with Crippen LogP contribution in [0.2, 0.25) is 0 Å². The average Bonchev–Trinajstić information content (AvgIpc) is 2.70. The third-order valence-electron chi connectivity index (χ3n) is 5.36. The Kier molecular flexibility index (Phi) is 3.82. The molecule has 120 valence electrons. The Hall–Kier alpha value is -1.87. The monoisotopic (exact) mass is 307 g/mol. The van der Waals surface area contributed by atoms with Crippen LogP contribution in [0.3, 0.4) is 0 Å². The van der Waals surface area contributed by atoms with Crippen LogP contribution in [0, 0.1) is 6.92 Å². The second-order valence-electron chi connectivity index (χ2n) is 7.09. The van der Waals surface area contributed by atoms with Crippen molar-refractivity contribution in [2.45, 2.75) is 38.3 Å². The van der Waals surface area contributed by atoms with E-state index in [0.717, 1.165) is 12.2 Å². The molecule has 3 nitrogen and oxygen atoms in total. The second kappa shape index (κ2) is 5.97. The number of benzene rings is 1. The number of rotatable bonds is 2. The summed E-state index contributed by atoms with van der Waals surface area (Å²) in [5.74, 6) is 0.626. The number of nitrogens with zero attached hydrogens (tertiary/aromatic N) is 3. The topological polar surface area (TPSA) is 19.4 Å². The van der Waals surface area contributed by atoms with Crippen molar-refractivity contribution in [2.24, 2.45) is 0 Å². The summed E-state index contributed by atoms with van der Waals surface area (Å²) in [6, 6.07) is 13.8. The van der Waals surface area contributed by atoms with E-state index in [1.807, 2.05) is 12.3 Å². The number of hydrogen-bond donors (Lipinski definition) is 0. The van der Waals surface area contributed by atoms with Gasteiger partial charge in [0.2, 0.25) is 0 Å². The maximum atomic E-state index is 4.56. The average molecular weight is 307 g/mol. The molecule has 0 spiro atoms. The molecule has 0 aliphatic carbocycles. The molecule has 1 saturated heterocycles. The number of aromatic nitrogens is 1. The zero-order chi connectivity index (χ0) is 15.8. The number of hydrogen-bond acceptors (Lipinski definition) is 3. The maximum Gasteiger partial charge on any atom is 0.0605 e. The predicted octanol–water partition coefficient (Wildman–Crippen LogP) is 3.59. The van der Waals surface area contributed by atoms with Crippen molar-refractivity contribution in [1.82, 2.24) is 9.88 Å². The lowest BCUT2D eigenvalue weighted by Gasteiger charge is -2.29. The van der Waals surface area contributed by atoms with Gasteiger partial charge in [-0.15, -0.1) is 0 Å². The van der Waals surface area contributed by atoms with E-state index in [1.54, 1.807) is 5.56 Å². The Morgan fingerprint density at radius 3 is 2.96 bits per heavy atom. The molecule has 2 aromatic rings. The first-order chi connectivity index (χ1) is 11.2. The van der Waals surface area contributed by atoms with Crippen molar-refractivity contribution in [3.8, 4) is 0 Å². The highest BCUT2D eigenvalue weighted by molar-refractivity contribution is 5.63. The molecular formula is C20H25N3. The van der Waals surface area contributed by atoms with Crippen LogP contribution < -0.4 is 4.90 Å². The smallest absolute Gasteiger partial charge is 0.0605 e. The van der Waals surface area contributed by atoms with E-state index < -0.39 is 0 Å². The minimum atomic E-state index is 0.610. The van der Waals surface area contributed by atoms with E-state index in [9.17, 15) is 0 Å². The Balaban J connectivity index is 1.73. The number of likely N-dealkylation sites (tertiary alicyclic amines) is 1. The molecule has 0 N–H and O–H groups in total. The molecule has 1 fully saturated rings. The number of fused-ring (bicyclic) bond motifs is 3. The molecule has 0 radical (unpaired) electrons. The van der Waals surface area contributed by atoms with Crippen LogP contribution in [0.4, 0.5) is 5.69 Å². The number of pyridine rings is 1. The molecule has 3 heterocycles. The summed E-state index contributed by atoms with van der Waals surface area (Å²) >= 11 is 0. The molecule has 3 heteroatoms. The molecule has 4 rings (SSSR count). The first kappa shape index (κ1) is 14.7. The van der Waals surface area contributed by atoms with Crippen LogP contribution in [0.25, 0.3) is 0 Å². The Bertz CT molecular complexity index is 683. The van der Waals surface area contributed by atoms with E-state index in [2.05, 4.69) is 59.1 Å². The lowest BCUT2D eigenvalue weighted by atomic mass is 9.92. The first-order valence-electron chi connectivity index (χ1n) is 8.68. The molecular weight excluding hydrogens is 282 g/mol. The van der Waals surface area contributed by atoms with Crippen LogP contribution in [0.5, 0.6) is 0 Å². The zero-order valence-electron chi connectivity index (χ0n) is 14.1. The van der Waals surface area contributed by atoms with E-state index >= 15 is 0 Å². The fraction of sp³-hybridized carbons (Fsp3) is 0.450. The number of aryl methyl sites for hydroxylation is 1. The highest BCUT2D eigenvalue weighted by Crippen LogP contribution is 2.45. The second-order valence-corrected chi connectivity index (χ2v) is 7.09. The van der Waals surface area contributed by atoms with Gasteiger partial charge in [-0.25, -0.2) is 0 Å². The van der Waals surface area contributed by atoms with Gasteiger partial charge in [-0.05, 0) is 57.1 Å². The van der Waals surface area contributed by atoms with E-state index in [1.165, 1.54) is 37.2 Å². The van der Waals surface area contributed by atoms with E-state index in [4.69, 9.17) is 0 Å². The van der Waals surface area contributed by atoms with Gasteiger partial charge in [0.1, 0.15) is 0 Å². The summed E-state index contributed by atoms with van der Waals surface area (Å²) in [4.78, 5) is 9.67. The number of anilines is 1. The minimum absolute atomic E-state index is 0.610. The molecule has 0 amide bonds. The Morgan fingerprint density at radius 1 is 1.22 bits per heavy atom. The van der Waals surface area contributed by atoms with Crippen molar-refractivity contribution in [3.05, 3.63) is 59.4 Å². The Morgan fingerprint density at radius 2 is 2.13 bits per heavy atom. The standard InChI is InChI=1S/C20H25N3/c1-15-8-9-20-17(12-15)18-14-22(2)11-5-7-19(18)23(20)13-16-6-3-4-10-21-16/h3-4,6,8-10,12,18-19H,5,7,11,13-14H2,1-2H3. The van der Waals surface area contributed by atoms with Crippen LogP contribution in [0.15, 0.2) is 42.6 Å². The van der Waals surface area contributed by atoms with Crippen LogP contribution in [0.1, 0.15) is 35.6 Å². The molecule has 2 aliphatic rings. The fourth-order valence-electron chi connectivity index (χ4n) is 4.28. The highest BCUT2D eigenvalue weighted by atomic mass is 15.2. The molecule has 0 saturated carbocycles. The van der Waals surface area contributed by atoms with Crippen LogP contribution in [-0.2, 0) is 6.54 Å². The summed E-state index contributed by atoms with van der Waals surface area (Å²) in [7, 11) is 2.26. The lowest BCUT2D eigenvalue weighted by Crippen LogP contribution is -2.35. The quantitative estimate of drug-likeness (QED) is 0.845. The van der Waals surface area contributed by atoms with E-state index in [-0.39, 0.29) is 0 Å². The molecule has 2 atom stereocenters. The molecule has 23 heavy (non-hydrogen) atoms. The van der Waals surface area contributed by atoms with Gasteiger partial charge >= 0.3 is 0 Å². The first-order valence-corrected chi connectivity index (χ1v) is 8.68. The molecule has 0 bridgehead atoms. The van der Waals surface area contributed by atoms with Gasteiger partial charge < -0.3 is 9.80 Å². The summed E-state index contributed by atoms with van der Waals surface area (Å²) < 4.78 is 0. The van der Waals surface area contributed by atoms with Crippen molar-refractivity contribution < 1.29 is 0 Å². The van der Waals surface area contributed by atoms with Gasteiger partial charge in [0.25, 0.3) is 0 Å². The maximum absolute atomic E-state index is 4.56. The van der Waals surface area contributed by atoms with Crippen LogP contribution >= 0.6 is 0 Å². The SMILES string of the molecule is Cc1ccc2c(c1)C1CN(C)CCCC1N2Cc1ccccn1. The third-order valence-corrected chi connectivity index (χ3v) is 5.36. The van der Waals surface area contributed by atoms with Crippen molar-refractivity contribution in [2.75, 3.05) is 25.0 Å². The highest BCUT2D eigenvalue weighted by Gasteiger charge is 2.39. The van der Waals surface area contributed by atoms with Crippen molar-refractivity contribution >= 4 is 5.69 Å². The summed E-state index contributed by atoms with van der Waals surface area (Å²) in [6.07, 6.45) is 4.46. The normalized spacial score (nSPS) is 24.2. The summed E-state index contributed by atoms with van der Waals surface area (Å²) in [6.45, 7) is 5.50. The number of likely N-dealkylation sites (N-methyl/N-ethyl adjacent to an activating group) is 1. The lowest BCUT2D eigenvalue weighted by molar-refractivity contribution is 0.330. The molecule has 1 aromatic carbocycles. The van der Waals surface area contributed by atoms with Gasteiger partial charge in [-0.1, -0.05) is 23.8 Å². The predicted molar refractivity (Wildman–Crippen MR) is 94.9 cm³/mol. The summed E-state index contributed by atoms with van der Waals surface area (Å²) in [5.41, 5.74) is 5.50. The molecule has 1 aromatic heterocycles. The third kappa shape index (κ3) is 2.74. The zero-order valence-corrected chi connectivity index (χ0v) is 14.1. The van der Waals surface area contributed by atoms with Crippen LogP contribution in [-0.4, -0.2) is 36.1 Å². The molecule has 2 aliphatic heterocycles. The minimum Gasteiger partial charge on any atom is -0.362 e. The van der Waals surface area contributed by atoms with Gasteiger partial charge in [0.15, 0.2) is 0 Å².